The zero-order valence-electron chi connectivity index (χ0n) is 25.5. The second-order valence-electron chi connectivity index (χ2n) is 11.5. The number of halogens is 2. The number of nitrogens with zero attached hydrogens (tertiary/aromatic N) is 4. The fourth-order valence-electron chi connectivity index (χ4n) is 6.72. The second kappa shape index (κ2) is 10.9. The van der Waals surface area contributed by atoms with Crippen LogP contribution in [0.2, 0.25) is 0 Å². The molecule has 8 nitrogen and oxygen atoms in total. The summed E-state index contributed by atoms with van der Waals surface area (Å²) >= 11 is -6.80. The van der Waals surface area contributed by atoms with Gasteiger partial charge in [-0.2, -0.15) is 0 Å². The Balaban J connectivity index is 1.87. The van der Waals surface area contributed by atoms with Crippen LogP contribution < -0.4 is 10.7 Å². The van der Waals surface area contributed by atoms with E-state index < -0.39 is 32.0 Å². The minimum atomic E-state index is -6.80. The van der Waals surface area contributed by atoms with Crippen LogP contribution in [-0.2, 0) is 16.0 Å². The average molecular weight is 717 g/mol. The zero-order valence-corrected chi connectivity index (χ0v) is 28.3. The van der Waals surface area contributed by atoms with Gasteiger partial charge in [-0.3, -0.25) is 0 Å². The molecule has 0 saturated carbocycles. The Morgan fingerprint density at radius 1 is 0.800 bits per heavy atom. The summed E-state index contributed by atoms with van der Waals surface area (Å²) in [5.74, 6) is -2.03. The molecule has 2 aromatic heterocycles. The summed E-state index contributed by atoms with van der Waals surface area (Å²) in [6.45, 7) is 15.2. The molecule has 2 aromatic rings. The van der Waals surface area contributed by atoms with Gasteiger partial charge < -0.3 is 0 Å². The number of aliphatic carboxylic acids is 2. The molecule has 0 aliphatic carbocycles. The third-order valence-corrected chi connectivity index (χ3v) is 14.9. The monoisotopic (exact) mass is 718 g/mol. The van der Waals surface area contributed by atoms with Crippen molar-refractivity contribution in [3.05, 3.63) is 97.3 Å². The van der Waals surface area contributed by atoms with E-state index >= 15 is 5.73 Å². The van der Waals surface area contributed by atoms with Gasteiger partial charge in [0, 0.05) is 0 Å². The van der Waals surface area contributed by atoms with Crippen LogP contribution in [0.1, 0.15) is 66.8 Å². The van der Waals surface area contributed by atoms with Gasteiger partial charge in [0.05, 0.1) is 0 Å². The molecule has 0 aromatic carbocycles. The second-order valence-corrected chi connectivity index (χ2v) is 17.0. The molecule has 2 N–H and O–H groups in total. The number of hydrogen-bond acceptors (Lipinski definition) is 4. The summed E-state index contributed by atoms with van der Waals surface area (Å²) < 4.78 is 38.1. The van der Waals surface area contributed by atoms with Gasteiger partial charge >= 0.3 is 266 Å². The minimum absolute atomic E-state index is 0.0212. The molecule has 0 unspecified atom stereocenters. The van der Waals surface area contributed by atoms with Crippen LogP contribution in [0.3, 0.4) is 0 Å². The molecule has 0 radical (unpaired) electrons. The predicted molar refractivity (Wildman–Crippen MR) is 175 cm³/mol. The van der Waals surface area contributed by atoms with Crippen molar-refractivity contribution in [3.63, 3.8) is 0 Å². The SMILES string of the molecule is C=CC1=C(C)C2=Cc3c(C=C)c(C)c4[n]3[Sn]([F])([F])[n]3c(c(C)c(CCC(=O)O)c3=CC3=NC(=C4)C(C)=C3CCC(=O)O)=CC1=N2. The molecule has 230 valence electrons. The number of fused-ring (bicyclic) bond motifs is 2. The Bertz CT molecular complexity index is 2120. The summed E-state index contributed by atoms with van der Waals surface area (Å²) in [6, 6.07) is 0. The fraction of sp³-hybridized carbons (Fsp3) is 0.235. The van der Waals surface area contributed by atoms with Crippen LogP contribution in [0.5, 0.6) is 0 Å². The summed E-state index contributed by atoms with van der Waals surface area (Å²) in [7, 11) is 0. The van der Waals surface area contributed by atoms with E-state index in [9.17, 15) is 19.8 Å². The van der Waals surface area contributed by atoms with Gasteiger partial charge in [0.15, 0.2) is 0 Å². The normalized spacial score (nSPS) is 17.6. The molecule has 11 heteroatoms. The maximum absolute atomic E-state index is 17.9. The van der Waals surface area contributed by atoms with Gasteiger partial charge in [-0.15, -0.1) is 0 Å². The number of aromatic nitrogens is 2. The van der Waals surface area contributed by atoms with E-state index in [-0.39, 0.29) is 36.4 Å². The van der Waals surface area contributed by atoms with E-state index in [1.54, 1.807) is 50.3 Å². The molecule has 0 spiro atoms. The van der Waals surface area contributed by atoms with Crippen molar-refractivity contribution in [2.45, 2.75) is 53.4 Å². The molecule has 0 amide bonds. The quantitative estimate of drug-likeness (QED) is 0.366. The first-order valence-corrected chi connectivity index (χ1v) is 19.3. The third kappa shape index (κ3) is 4.68. The number of carbonyl (C=O) groups is 2. The van der Waals surface area contributed by atoms with Gasteiger partial charge in [-0.05, 0) is 0 Å². The number of rotatable bonds is 8. The van der Waals surface area contributed by atoms with Gasteiger partial charge in [0.2, 0.25) is 0 Å². The Kier molecular flexibility index (Phi) is 7.46. The standard InChI is InChI=1S/C34H34N4O4.2FH.Sn/c1-7-21-17(3)25-13-26-19(5)23(9-11-33(39)40)31(37-26)16-32-24(10-12-34(41)42)20(6)28(38-32)15-30-22(8-2)18(4)27(36-30)14-29(21)35-25;;;/h7-8,13-16H,1-2,9-12H2,3-6H3,(H4,35,36,37,38,39,40,41,42);2*1H;/q;;;+4/p-4. The molecule has 4 aliphatic rings. The molecule has 6 bridgehead atoms. The molecule has 6 heterocycles. The molecule has 6 rings (SSSR count). The van der Waals surface area contributed by atoms with Crippen LogP contribution in [-0.4, -0.2) is 59.2 Å². The third-order valence-electron chi connectivity index (χ3n) is 9.08. The van der Waals surface area contributed by atoms with Crippen molar-refractivity contribution in [3.8, 4) is 0 Å². The van der Waals surface area contributed by atoms with E-state index in [0.29, 0.717) is 67.6 Å². The van der Waals surface area contributed by atoms with Crippen molar-refractivity contribution >= 4 is 73.8 Å². The van der Waals surface area contributed by atoms with E-state index in [4.69, 9.17) is 9.98 Å². The molecule has 0 saturated heterocycles. The first kappa shape index (κ1) is 30.7. The Morgan fingerprint density at radius 2 is 1.40 bits per heavy atom. The average Bonchev–Trinajstić information content (AvgIpc) is 3.61. The Morgan fingerprint density at radius 3 is 2.04 bits per heavy atom. The van der Waals surface area contributed by atoms with Crippen molar-refractivity contribution in [1.29, 1.82) is 0 Å². The zero-order chi connectivity index (χ0) is 32.5. The van der Waals surface area contributed by atoms with Crippen LogP contribution >= 0.6 is 0 Å². The number of carboxylic acid groups (broad SMARTS) is 2. The van der Waals surface area contributed by atoms with E-state index in [1.807, 2.05) is 13.8 Å². The van der Waals surface area contributed by atoms with Crippen LogP contribution in [0.25, 0.3) is 30.4 Å². The van der Waals surface area contributed by atoms with E-state index in [1.165, 1.54) is 2.79 Å². The van der Waals surface area contributed by atoms with Crippen molar-refractivity contribution in [2.24, 2.45) is 9.98 Å². The van der Waals surface area contributed by atoms with Crippen LogP contribution in [0, 0.1) is 13.8 Å². The van der Waals surface area contributed by atoms with E-state index in [0.717, 1.165) is 13.9 Å². The number of hydrogen-bond donors (Lipinski definition) is 2. The first-order chi connectivity index (χ1) is 21.3. The summed E-state index contributed by atoms with van der Waals surface area (Å²) in [5.41, 5.74) is 7.64. The van der Waals surface area contributed by atoms with Crippen LogP contribution in [0.15, 0.2) is 62.9 Å². The maximum atomic E-state index is 17.9. The summed E-state index contributed by atoms with van der Waals surface area (Å²) in [4.78, 5) is 33.1. The molecule has 0 atom stereocenters. The van der Waals surface area contributed by atoms with Gasteiger partial charge in [0.25, 0.3) is 0 Å². The topological polar surface area (TPSA) is 109 Å². The first-order valence-electron chi connectivity index (χ1n) is 14.6. The van der Waals surface area contributed by atoms with Gasteiger partial charge in [-0.25, -0.2) is 0 Å². The van der Waals surface area contributed by atoms with Crippen molar-refractivity contribution in [1.82, 2.24) is 5.58 Å². The molecular weight excluding hydrogens is 685 g/mol. The predicted octanol–water partition coefficient (Wildman–Crippen LogP) is 5.20. The Labute approximate surface area is 264 Å². The van der Waals surface area contributed by atoms with Crippen molar-refractivity contribution in [2.75, 3.05) is 0 Å². The Hall–Kier alpha value is -4.32. The summed E-state index contributed by atoms with van der Waals surface area (Å²) in [6.07, 6.45) is 9.66. The van der Waals surface area contributed by atoms with Gasteiger partial charge in [0.1, 0.15) is 0 Å². The molecule has 4 aliphatic heterocycles. The fourth-order valence-corrected chi connectivity index (χ4v) is 13.0. The van der Waals surface area contributed by atoms with E-state index in [2.05, 4.69) is 13.2 Å². The molecule has 0 fully saturated rings. The van der Waals surface area contributed by atoms with Crippen molar-refractivity contribution < 1.29 is 25.5 Å². The number of allylic oxidation sites excluding steroid dienone is 5. The van der Waals surface area contributed by atoms with Crippen LogP contribution in [0.4, 0.5) is 5.73 Å². The summed E-state index contributed by atoms with van der Waals surface area (Å²) in [5, 5.41) is 19.5. The molecule has 45 heavy (non-hydrogen) atoms. The van der Waals surface area contributed by atoms with Gasteiger partial charge in [-0.1, -0.05) is 0 Å². The molecular formula is C34H32F2N4O4Sn. The number of carboxylic acids is 2. The number of aliphatic imine (C=N–C) groups is 2.